The largest absolute Gasteiger partial charge is 0.491 e. The molecule has 1 atom stereocenters. The van der Waals surface area contributed by atoms with Gasteiger partial charge in [-0.05, 0) is 67.5 Å². The van der Waals surface area contributed by atoms with Gasteiger partial charge in [0.2, 0.25) is 5.91 Å². The molecule has 0 unspecified atom stereocenters. The summed E-state index contributed by atoms with van der Waals surface area (Å²) in [6.07, 6.45) is 7.11. The molecule has 2 aliphatic rings. The van der Waals surface area contributed by atoms with Crippen LogP contribution >= 0.6 is 0 Å². The second kappa shape index (κ2) is 7.04. The number of hydrogen-bond donors (Lipinski definition) is 1. The van der Waals surface area contributed by atoms with E-state index >= 15 is 0 Å². The van der Waals surface area contributed by atoms with Crippen molar-refractivity contribution in [2.24, 2.45) is 17.6 Å². The van der Waals surface area contributed by atoms with Crippen LogP contribution in [-0.4, -0.2) is 32.0 Å². The molecule has 1 aliphatic carbocycles. The Labute approximate surface area is 179 Å². The molecule has 7 nitrogen and oxygen atoms in total. The third-order valence-corrected chi connectivity index (χ3v) is 6.43. The first-order valence-electron chi connectivity index (χ1n) is 10.8. The third-order valence-electron chi connectivity index (χ3n) is 6.43. The molecule has 6 rings (SSSR count). The lowest BCUT2D eigenvalue weighted by atomic mass is 9.94. The van der Waals surface area contributed by atoms with Crippen molar-refractivity contribution < 1.29 is 9.53 Å². The molecule has 0 spiro atoms. The van der Waals surface area contributed by atoms with Crippen molar-refractivity contribution in [3.8, 4) is 17.1 Å². The van der Waals surface area contributed by atoms with Gasteiger partial charge in [0.25, 0.3) is 0 Å². The van der Waals surface area contributed by atoms with E-state index in [0.717, 1.165) is 70.4 Å². The van der Waals surface area contributed by atoms with Crippen molar-refractivity contribution >= 4 is 27.8 Å². The molecule has 2 aromatic heterocycles. The number of amides is 1. The molecule has 1 fully saturated rings. The van der Waals surface area contributed by atoms with Crippen LogP contribution in [0.5, 0.6) is 5.75 Å². The second-order valence-electron chi connectivity index (χ2n) is 8.60. The van der Waals surface area contributed by atoms with Crippen LogP contribution in [0.3, 0.4) is 0 Å². The Kier molecular flexibility index (Phi) is 4.16. The zero-order valence-corrected chi connectivity index (χ0v) is 17.1. The van der Waals surface area contributed by atoms with Crippen molar-refractivity contribution in [3.63, 3.8) is 0 Å². The minimum Gasteiger partial charge on any atom is -0.491 e. The summed E-state index contributed by atoms with van der Waals surface area (Å²) in [5.74, 6) is 1.85. The fraction of sp³-hybridized carbons (Fsp3) is 0.333. The van der Waals surface area contributed by atoms with Gasteiger partial charge in [0.1, 0.15) is 23.4 Å². The third kappa shape index (κ3) is 3.21. The molecule has 1 saturated carbocycles. The van der Waals surface area contributed by atoms with E-state index in [4.69, 9.17) is 15.5 Å². The van der Waals surface area contributed by atoms with Gasteiger partial charge in [0, 0.05) is 29.6 Å². The molecule has 1 aliphatic heterocycles. The molecule has 1 amide bonds. The number of benzene rings is 2. The number of aryl methyl sites for hydroxylation is 1. The number of aromatic nitrogens is 4. The smallest absolute Gasteiger partial charge is 0.221 e. The van der Waals surface area contributed by atoms with E-state index in [1.54, 1.807) is 6.33 Å². The predicted octanol–water partition coefficient (Wildman–Crippen LogP) is 3.48. The molecule has 2 aromatic carbocycles. The monoisotopic (exact) mass is 413 g/mol. The van der Waals surface area contributed by atoms with Gasteiger partial charge in [0.05, 0.1) is 17.6 Å². The van der Waals surface area contributed by atoms with Crippen LogP contribution in [0.15, 0.2) is 42.9 Å². The van der Waals surface area contributed by atoms with Crippen LogP contribution in [0.1, 0.15) is 24.8 Å². The van der Waals surface area contributed by atoms with Crippen LogP contribution < -0.4 is 10.5 Å². The molecule has 31 heavy (non-hydrogen) atoms. The van der Waals surface area contributed by atoms with E-state index in [-0.39, 0.29) is 11.8 Å². The molecule has 4 aromatic rings. The summed E-state index contributed by atoms with van der Waals surface area (Å²) in [7, 11) is 0. The molecule has 0 bridgehead atoms. The molecule has 0 saturated heterocycles. The van der Waals surface area contributed by atoms with Crippen molar-refractivity contribution in [3.05, 3.63) is 48.4 Å². The number of carbonyl (C=O) groups is 1. The zero-order chi connectivity index (χ0) is 20.9. The number of imidazole rings is 1. The van der Waals surface area contributed by atoms with Crippen molar-refractivity contribution in [2.75, 3.05) is 6.61 Å². The number of rotatable bonds is 5. The number of carbonyl (C=O) groups excluding carboxylic acids is 1. The van der Waals surface area contributed by atoms with Gasteiger partial charge in [-0.3, -0.25) is 4.79 Å². The fourth-order valence-corrected chi connectivity index (χ4v) is 4.73. The maximum Gasteiger partial charge on any atom is 0.221 e. The fourth-order valence-electron chi connectivity index (χ4n) is 4.73. The topological polar surface area (TPSA) is 95.9 Å². The minimum absolute atomic E-state index is 0.113. The van der Waals surface area contributed by atoms with Crippen LogP contribution in [-0.2, 0) is 17.8 Å². The summed E-state index contributed by atoms with van der Waals surface area (Å²) in [4.78, 5) is 25.5. The van der Waals surface area contributed by atoms with E-state index in [2.05, 4.69) is 38.8 Å². The summed E-state index contributed by atoms with van der Waals surface area (Å²) in [6, 6.07) is 10.3. The number of ether oxygens (including phenoxy) is 1. The maximum absolute atomic E-state index is 12.0. The SMILES string of the molecule is NC(=O)[C@@H](Cc1cc2c3c(c1)nc(-c1ccc4ncncc4c1)n3CCCO2)C1CC1. The molecule has 156 valence electrons. The van der Waals surface area contributed by atoms with Crippen molar-refractivity contribution in [2.45, 2.75) is 32.2 Å². The number of nitrogens with zero attached hydrogens (tertiary/aromatic N) is 4. The van der Waals surface area contributed by atoms with Gasteiger partial charge in [-0.25, -0.2) is 15.0 Å². The van der Waals surface area contributed by atoms with Crippen LogP contribution in [0.25, 0.3) is 33.3 Å². The van der Waals surface area contributed by atoms with Gasteiger partial charge in [0.15, 0.2) is 0 Å². The number of primary amides is 1. The summed E-state index contributed by atoms with van der Waals surface area (Å²) >= 11 is 0. The number of hydrogen-bond acceptors (Lipinski definition) is 5. The quantitative estimate of drug-likeness (QED) is 0.540. The highest BCUT2D eigenvalue weighted by molar-refractivity contribution is 5.89. The lowest BCUT2D eigenvalue weighted by molar-refractivity contribution is -0.122. The average molecular weight is 413 g/mol. The van der Waals surface area contributed by atoms with E-state index in [0.29, 0.717) is 18.9 Å². The van der Waals surface area contributed by atoms with Crippen molar-refractivity contribution in [1.82, 2.24) is 19.5 Å². The number of nitrogens with two attached hydrogens (primary N) is 1. The van der Waals surface area contributed by atoms with Crippen LogP contribution in [0, 0.1) is 11.8 Å². The lowest BCUT2D eigenvalue weighted by Gasteiger charge is -2.13. The second-order valence-corrected chi connectivity index (χ2v) is 8.60. The van der Waals surface area contributed by atoms with Gasteiger partial charge in [-0.15, -0.1) is 0 Å². The van der Waals surface area contributed by atoms with Crippen molar-refractivity contribution in [1.29, 1.82) is 0 Å². The first-order valence-corrected chi connectivity index (χ1v) is 10.8. The van der Waals surface area contributed by atoms with Crippen LogP contribution in [0.2, 0.25) is 0 Å². The van der Waals surface area contributed by atoms with Crippen LogP contribution in [0.4, 0.5) is 0 Å². The predicted molar refractivity (Wildman–Crippen MR) is 117 cm³/mol. The molecule has 0 radical (unpaired) electrons. The van der Waals surface area contributed by atoms with Gasteiger partial charge >= 0.3 is 0 Å². The van der Waals surface area contributed by atoms with E-state index in [1.807, 2.05) is 12.3 Å². The summed E-state index contributed by atoms with van der Waals surface area (Å²) in [6.45, 7) is 1.50. The van der Waals surface area contributed by atoms with Gasteiger partial charge < -0.3 is 15.0 Å². The molecule has 7 heteroatoms. The maximum atomic E-state index is 12.0. The van der Waals surface area contributed by atoms with E-state index < -0.39 is 0 Å². The van der Waals surface area contributed by atoms with Gasteiger partial charge in [-0.1, -0.05) is 0 Å². The Morgan fingerprint density at radius 1 is 1.23 bits per heavy atom. The normalized spacial score (nSPS) is 16.8. The van der Waals surface area contributed by atoms with E-state index in [1.165, 1.54) is 0 Å². The Balaban J connectivity index is 1.48. The minimum atomic E-state index is -0.209. The molecular weight excluding hydrogens is 390 g/mol. The molecule has 2 N–H and O–H groups in total. The standard InChI is InChI=1S/C24H23N5O2/c25-23(30)18(15-2-3-15)8-14-9-20-22-21(10-14)31-7-1-6-29(22)24(28-20)16-4-5-19-17(11-16)12-26-13-27-19/h4-5,9-13,15,18H,1-3,6-8H2,(H2,25,30)/t18-/m0/s1. The highest BCUT2D eigenvalue weighted by Gasteiger charge is 2.35. The number of fused-ring (bicyclic) bond motifs is 1. The lowest BCUT2D eigenvalue weighted by Crippen LogP contribution is -2.26. The summed E-state index contributed by atoms with van der Waals surface area (Å²) in [5.41, 5.74) is 10.6. The molecular formula is C24H23N5O2. The highest BCUT2D eigenvalue weighted by Crippen LogP contribution is 2.40. The Hall–Kier alpha value is -3.48. The molecule has 3 heterocycles. The average Bonchev–Trinajstić information content (AvgIpc) is 3.57. The van der Waals surface area contributed by atoms with Gasteiger partial charge in [-0.2, -0.15) is 0 Å². The van der Waals surface area contributed by atoms with E-state index in [9.17, 15) is 4.79 Å². The summed E-state index contributed by atoms with van der Waals surface area (Å²) < 4.78 is 8.35. The first-order chi connectivity index (χ1) is 15.2. The summed E-state index contributed by atoms with van der Waals surface area (Å²) in [5, 5.41) is 0.986. The Morgan fingerprint density at radius 3 is 2.97 bits per heavy atom. The first kappa shape index (κ1) is 18.3. The zero-order valence-electron chi connectivity index (χ0n) is 17.1. The Morgan fingerprint density at radius 2 is 2.13 bits per heavy atom. The highest BCUT2D eigenvalue weighted by atomic mass is 16.5. The Bertz CT molecular complexity index is 1320.